The van der Waals surface area contributed by atoms with Gasteiger partial charge >= 0.3 is 0 Å². The third-order valence-corrected chi connectivity index (χ3v) is 7.88. The summed E-state index contributed by atoms with van der Waals surface area (Å²) in [6.07, 6.45) is 3.18. The molecule has 12 nitrogen and oxygen atoms in total. The van der Waals surface area contributed by atoms with Gasteiger partial charge in [0, 0.05) is 12.8 Å². The fourth-order valence-corrected chi connectivity index (χ4v) is 5.37. The first kappa shape index (κ1) is 27.7. The Morgan fingerprint density at radius 3 is 2.34 bits per heavy atom. The summed E-state index contributed by atoms with van der Waals surface area (Å²) in [5.74, 6) is 1.32. The van der Waals surface area contributed by atoms with E-state index in [0.29, 0.717) is 41.0 Å². The van der Waals surface area contributed by atoms with Crippen LogP contribution >= 0.6 is 0 Å². The van der Waals surface area contributed by atoms with E-state index in [9.17, 15) is 8.42 Å². The first-order valence-corrected chi connectivity index (χ1v) is 13.9. The number of para-hydroxylation sites is 1. The first-order valence-electron chi connectivity index (χ1n) is 12.4. The molecule has 4 rings (SSSR count). The lowest BCUT2D eigenvalue weighted by Gasteiger charge is -2.26. The number of methoxy groups -OCH3 is 2. The Morgan fingerprint density at radius 1 is 1.08 bits per heavy atom. The second-order valence-electron chi connectivity index (χ2n) is 9.27. The highest BCUT2D eigenvalue weighted by atomic mass is 32.2. The van der Waals surface area contributed by atoms with Gasteiger partial charge in [0.25, 0.3) is 0 Å². The van der Waals surface area contributed by atoms with Crippen molar-refractivity contribution in [1.29, 1.82) is 0 Å². The molecule has 3 atom stereocenters. The van der Waals surface area contributed by atoms with Gasteiger partial charge in [0.05, 0.1) is 37.9 Å². The number of benzene rings is 1. The molecule has 3 aromatic rings. The molecule has 1 fully saturated rings. The van der Waals surface area contributed by atoms with E-state index in [0.717, 1.165) is 12.8 Å². The van der Waals surface area contributed by atoms with E-state index in [1.54, 1.807) is 42.8 Å². The van der Waals surface area contributed by atoms with Crippen LogP contribution in [0.3, 0.4) is 0 Å². The maximum absolute atomic E-state index is 13.8. The number of hydrogen-bond donors (Lipinski definition) is 1. The van der Waals surface area contributed by atoms with E-state index in [2.05, 4.69) is 24.9 Å². The monoisotopic (exact) mass is 546 g/mol. The fraction of sp³-hybridized carbons (Fsp3) is 0.520. The molecule has 0 spiro atoms. The minimum Gasteiger partial charge on any atom is -0.494 e. The van der Waals surface area contributed by atoms with Crippen molar-refractivity contribution in [3.8, 4) is 17.2 Å². The van der Waals surface area contributed by atoms with Gasteiger partial charge in [0.15, 0.2) is 5.82 Å². The van der Waals surface area contributed by atoms with Gasteiger partial charge in [-0.1, -0.05) is 6.07 Å². The number of nitrogens with zero attached hydrogens (tertiary/aromatic N) is 5. The van der Waals surface area contributed by atoms with Crippen LogP contribution in [0.25, 0.3) is 5.69 Å². The van der Waals surface area contributed by atoms with Crippen molar-refractivity contribution in [2.45, 2.75) is 64.1 Å². The van der Waals surface area contributed by atoms with Gasteiger partial charge in [-0.25, -0.2) is 8.42 Å². The van der Waals surface area contributed by atoms with Crippen LogP contribution in [-0.2, 0) is 19.5 Å². The molecule has 1 aromatic carbocycles. The Bertz CT molecular complexity index is 1320. The van der Waals surface area contributed by atoms with E-state index >= 15 is 0 Å². The molecule has 206 valence electrons. The van der Waals surface area contributed by atoms with Gasteiger partial charge < -0.3 is 18.9 Å². The zero-order chi connectivity index (χ0) is 27.4. The largest absolute Gasteiger partial charge is 0.494 e. The Labute approximate surface area is 222 Å². The molecule has 13 heteroatoms. The van der Waals surface area contributed by atoms with Crippen molar-refractivity contribution in [1.82, 2.24) is 24.7 Å². The van der Waals surface area contributed by atoms with Crippen molar-refractivity contribution in [2.24, 2.45) is 0 Å². The summed E-state index contributed by atoms with van der Waals surface area (Å²) in [4.78, 5) is 8.65. The zero-order valence-electron chi connectivity index (χ0n) is 22.4. The lowest BCUT2D eigenvalue weighted by Crippen LogP contribution is -2.34. The van der Waals surface area contributed by atoms with Crippen LogP contribution in [-0.4, -0.2) is 65.3 Å². The van der Waals surface area contributed by atoms with Crippen LogP contribution in [0, 0.1) is 6.92 Å². The predicted octanol–water partition coefficient (Wildman–Crippen LogP) is 3.53. The highest BCUT2D eigenvalue weighted by molar-refractivity contribution is 7.93. The van der Waals surface area contributed by atoms with E-state index in [4.69, 9.17) is 18.9 Å². The van der Waals surface area contributed by atoms with Crippen LogP contribution in [0.2, 0.25) is 0 Å². The predicted molar refractivity (Wildman–Crippen MR) is 140 cm³/mol. The fourth-order valence-electron chi connectivity index (χ4n) is 4.27. The topological polar surface area (TPSA) is 140 Å². The molecule has 0 unspecified atom stereocenters. The molecule has 3 heterocycles. The van der Waals surface area contributed by atoms with Gasteiger partial charge in [-0.2, -0.15) is 0 Å². The maximum atomic E-state index is 13.8. The van der Waals surface area contributed by atoms with Crippen molar-refractivity contribution in [3.63, 3.8) is 0 Å². The van der Waals surface area contributed by atoms with Crippen LogP contribution in [0.4, 0.5) is 5.95 Å². The summed E-state index contributed by atoms with van der Waals surface area (Å²) in [5, 5.41) is 7.49. The summed E-state index contributed by atoms with van der Waals surface area (Å²) in [6, 6.07) is 5.28. The smallest absolute Gasteiger partial charge is 0.243 e. The molecule has 1 N–H and O–H groups in total. The van der Waals surface area contributed by atoms with Gasteiger partial charge in [0.2, 0.25) is 16.0 Å². The number of hydrogen-bond acceptors (Lipinski definition) is 10. The second kappa shape index (κ2) is 11.6. The SMILES string of the molecule is COc1cccc(OC)c1-n1c(NS(=O)(=O)[C@@H](C)[C@@H](OC(C)C)c2cnc(C)cn2)nnc1[C@H]1CCCO1. The minimum absolute atomic E-state index is 0.0246. The van der Waals surface area contributed by atoms with Crippen molar-refractivity contribution in [3.05, 3.63) is 47.8 Å². The van der Waals surface area contributed by atoms with E-state index in [1.165, 1.54) is 20.4 Å². The lowest BCUT2D eigenvalue weighted by molar-refractivity contribution is 0.00394. The summed E-state index contributed by atoms with van der Waals surface area (Å²) in [6.45, 7) is 7.61. The van der Waals surface area contributed by atoms with Crippen LogP contribution in [0.5, 0.6) is 11.5 Å². The number of aryl methyl sites for hydroxylation is 1. The quantitative estimate of drug-likeness (QED) is 0.380. The number of anilines is 1. The molecule has 0 saturated carbocycles. The first-order chi connectivity index (χ1) is 18.2. The highest BCUT2D eigenvalue weighted by Gasteiger charge is 2.36. The van der Waals surface area contributed by atoms with Gasteiger partial charge in [-0.3, -0.25) is 19.3 Å². The molecular formula is C25H34N6O6S. The molecular weight excluding hydrogens is 512 g/mol. The molecule has 1 saturated heterocycles. The summed E-state index contributed by atoms with van der Waals surface area (Å²) >= 11 is 0. The second-order valence-corrected chi connectivity index (χ2v) is 11.3. The Kier molecular flexibility index (Phi) is 8.48. The van der Waals surface area contributed by atoms with E-state index in [1.807, 2.05) is 13.8 Å². The lowest BCUT2D eigenvalue weighted by atomic mass is 10.2. The molecule has 0 amide bonds. The maximum Gasteiger partial charge on any atom is 0.243 e. The molecule has 2 aromatic heterocycles. The number of sulfonamides is 1. The minimum atomic E-state index is -4.08. The van der Waals surface area contributed by atoms with Crippen LogP contribution < -0.4 is 14.2 Å². The van der Waals surface area contributed by atoms with Crippen LogP contribution in [0.1, 0.15) is 63.0 Å². The van der Waals surface area contributed by atoms with Gasteiger partial charge in [0.1, 0.15) is 34.6 Å². The molecule has 1 aliphatic rings. The molecule has 0 bridgehead atoms. The third kappa shape index (κ3) is 5.74. The van der Waals surface area contributed by atoms with E-state index < -0.39 is 21.4 Å². The summed E-state index contributed by atoms with van der Waals surface area (Å²) in [5.41, 5.74) is 1.58. The Hall–Kier alpha value is -3.29. The number of ether oxygens (including phenoxy) is 4. The van der Waals surface area contributed by atoms with E-state index in [-0.39, 0.29) is 18.2 Å². The molecule has 0 radical (unpaired) electrons. The Morgan fingerprint density at radius 2 is 1.79 bits per heavy atom. The zero-order valence-corrected chi connectivity index (χ0v) is 23.2. The van der Waals surface area contributed by atoms with Crippen LogP contribution in [0.15, 0.2) is 30.6 Å². The molecule has 38 heavy (non-hydrogen) atoms. The average molecular weight is 547 g/mol. The van der Waals surface area contributed by atoms with Crippen molar-refractivity contribution < 1.29 is 27.4 Å². The normalized spacial score (nSPS) is 17.4. The molecule has 0 aliphatic carbocycles. The third-order valence-electron chi connectivity index (χ3n) is 6.19. The standard InChI is InChI=1S/C25H34N6O6S/c1-15(2)37-23(18-14-26-16(3)13-27-18)17(4)38(32,33)30-25-29-28-24(21-11-8-12-36-21)31(25)22-19(34-5)9-7-10-20(22)35-6/h7,9-10,13-15,17,21,23H,8,11-12H2,1-6H3,(H,29,30)/t17-,21+,23+/m0/s1. The van der Waals surface area contributed by atoms with Gasteiger partial charge in [-0.05, 0) is 52.7 Å². The Balaban J connectivity index is 1.78. The average Bonchev–Trinajstić information content (AvgIpc) is 3.56. The van der Waals surface area contributed by atoms with Crippen molar-refractivity contribution >= 4 is 16.0 Å². The highest BCUT2D eigenvalue weighted by Crippen LogP contribution is 2.39. The summed E-state index contributed by atoms with van der Waals surface area (Å²) < 4.78 is 54.8. The van der Waals surface area contributed by atoms with Crippen molar-refractivity contribution in [2.75, 3.05) is 25.5 Å². The van der Waals surface area contributed by atoms with Gasteiger partial charge in [-0.15, -0.1) is 10.2 Å². The molecule has 1 aliphatic heterocycles. The summed E-state index contributed by atoms with van der Waals surface area (Å²) in [7, 11) is -1.04. The number of rotatable bonds is 11. The number of aromatic nitrogens is 5. The number of nitrogens with one attached hydrogen (secondary N) is 1.